The third-order valence-corrected chi connectivity index (χ3v) is 1.51. The molecule has 0 aliphatic heterocycles. The number of carbonyl (C=O) groups is 1. The molecule has 14 heavy (non-hydrogen) atoms. The van der Waals surface area contributed by atoms with E-state index in [1.165, 1.54) is 7.11 Å². The summed E-state index contributed by atoms with van der Waals surface area (Å²) in [7, 11) is 1.30. The van der Waals surface area contributed by atoms with E-state index in [9.17, 15) is 4.79 Å². The average Bonchev–Trinajstić information content (AvgIpc) is 2.10. The van der Waals surface area contributed by atoms with Crippen LogP contribution < -0.4 is 16.8 Å². The summed E-state index contributed by atoms with van der Waals surface area (Å²) in [5, 5.41) is 9.46. The SMILES string of the molecule is COC(=O)[C@H](N)CCCNC(=N)N.Cl. The van der Waals surface area contributed by atoms with Gasteiger partial charge in [0.2, 0.25) is 0 Å². The van der Waals surface area contributed by atoms with Crippen molar-refractivity contribution < 1.29 is 9.53 Å². The number of rotatable bonds is 5. The van der Waals surface area contributed by atoms with Crippen molar-refractivity contribution in [2.45, 2.75) is 18.9 Å². The lowest BCUT2D eigenvalue weighted by atomic mass is 10.2. The molecule has 7 heteroatoms. The predicted octanol–water partition coefficient (Wildman–Crippen LogP) is -0.828. The number of carbonyl (C=O) groups excluding carboxylic acids is 1. The summed E-state index contributed by atoms with van der Waals surface area (Å²) in [6.07, 6.45) is 1.20. The fraction of sp³-hybridized carbons (Fsp3) is 0.714. The normalized spacial score (nSPS) is 11.0. The average molecular weight is 225 g/mol. The molecular weight excluding hydrogens is 208 g/mol. The minimum atomic E-state index is -0.584. The fourth-order valence-electron chi connectivity index (χ4n) is 0.814. The Morgan fingerprint density at radius 1 is 1.64 bits per heavy atom. The molecule has 0 saturated carbocycles. The van der Waals surface area contributed by atoms with Crippen molar-refractivity contribution in [3.63, 3.8) is 0 Å². The third kappa shape index (κ3) is 7.63. The number of hydrogen-bond acceptors (Lipinski definition) is 4. The van der Waals surface area contributed by atoms with Gasteiger partial charge in [-0.2, -0.15) is 0 Å². The second kappa shape index (κ2) is 8.58. The number of nitrogens with two attached hydrogens (primary N) is 2. The van der Waals surface area contributed by atoms with E-state index in [0.717, 1.165) is 0 Å². The van der Waals surface area contributed by atoms with Crippen molar-refractivity contribution in [3.8, 4) is 0 Å². The molecule has 0 spiro atoms. The van der Waals surface area contributed by atoms with Crippen LogP contribution in [0.1, 0.15) is 12.8 Å². The lowest BCUT2D eigenvalue weighted by molar-refractivity contribution is -0.142. The van der Waals surface area contributed by atoms with Crippen molar-refractivity contribution in [2.75, 3.05) is 13.7 Å². The maximum Gasteiger partial charge on any atom is 0.322 e. The number of methoxy groups -OCH3 is 1. The van der Waals surface area contributed by atoms with Crippen LogP contribution in [0.25, 0.3) is 0 Å². The number of esters is 1. The van der Waals surface area contributed by atoms with Gasteiger partial charge < -0.3 is 21.5 Å². The smallest absolute Gasteiger partial charge is 0.322 e. The molecule has 0 bridgehead atoms. The zero-order valence-corrected chi connectivity index (χ0v) is 8.89. The molecule has 0 rings (SSSR count). The summed E-state index contributed by atoms with van der Waals surface area (Å²) < 4.78 is 4.44. The van der Waals surface area contributed by atoms with Gasteiger partial charge in [0.05, 0.1) is 7.11 Å². The summed E-state index contributed by atoms with van der Waals surface area (Å²) >= 11 is 0. The molecule has 0 amide bonds. The van der Waals surface area contributed by atoms with Crippen LogP contribution in [0.5, 0.6) is 0 Å². The predicted molar refractivity (Wildman–Crippen MR) is 56.4 cm³/mol. The van der Waals surface area contributed by atoms with Crippen molar-refractivity contribution in [3.05, 3.63) is 0 Å². The van der Waals surface area contributed by atoms with Crippen LogP contribution >= 0.6 is 12.4 Å². The second-order valence-corrected chi connectivity index (χ2v) is 2.61. The van der Waals surface area contributed by atoms with Crippen LogP contribution in [0.3, 0.4) is 0 Å². The molecule has 0 unspecified atom stereocenters. The van der Waals surface area contributed by atoms with Crippen LogP contribution in [0, 0.1) is 5.41 Å². The van der Waals surface area contributed by atoms with Crippen LogP contribution in [0.15, 0.2) is 0 Å². The first-order chi connectivity index (χ1) is 6.07. The Labute approximate surface area is 89.3 Å². The van der Waals surface area contributed by atoms with E-state index < -0.39 is 12.0 Å². The zero-order valence-electron chi connectivity index (χ0n) is 8.08. The molecule has 1 atom stereocenters. The van der Waals surface area contributed by atoms with Gasteiger partial charge in [-0.1, -0.05) is 0 Å². The van der Waals surface area contributed by atoms with Gasteiger partial charge in [0.25, 0.3) is 0 Å². The number of halogens is 1. The largest absolute Gasteiger partial charge is 0.468 e. The first-order valence-corrected chi connectivity index (χ1v) is 3.99. The van der Waals surface area contributed by atoms with Crippen LogP contribution in [-0.2, 0) is 9.53 Å². The highest BCUT2D eigenvalue weighted by Crippen LogP contribution is 1.94. The van der Waals surface area contributed by atoms with Crippen molar-refractivity contribution in [1.82, 2.24) is 5.32 Å². The summed E-state index contributed by atoms with van der Waals surface area (Å²) in [6, 6.07) is -0.584. The Morgan fingerprint density at radius 3 is 2.64 bits per heavy atom. The number of nitrogens with one attached hydrogen (secondary N) is 2. The number of ether oxygens (including phenoxy) is 1. The van der Waals surface area contributed by atoms with Crippen LogP contribution in [0.2, 0.25) is 0 Å². The highest BCUT2D eigenvalue weighted by atomic mass is 35.5. The lowest BCUT2D eigenvalue weighted by Crippen LogP contribution is -2.34. The summed E-state index contributed by atoms with van der Waals surface area (Å²) in [5.74, 6) is -0.491. The van der Waals surface area contributed by atoms with Crippen LogP contribution in [-0.4, -0.2) is 31.6 Å². The molecule has 84 valence electrons. The van der Waals surface area contributed by atoms with Crippen LogP contribution in [0.4, 0.5) is 0 Å². The van der Waals surface area contributed by atoms with Crippen molar-refractivity contribution in [1.29, 1.82) is 5.41 Å². The van der Waals surface area contributed by atoms with Gasteiger partial charge in [0, 0.05) is 6.54 Å². The zero-order chi connectivity index (χ0) is 10.3. The molecule has 6 nitrogen and oxygen atoms in total. The highest BCUT2D eigenvalue weighted by Gasteiger charge is 2.12. The maximum absolute atomic E-state index is 10.8. The Bertz CT molecular complexity index is 189. The van der Waals surface area contributed by atoms with Gasteiger partial charge in [-0.05, 0) is 12.8 Å². The Hall–Kier alpha value is -1.01. The first-order valence-electron chi connectivity index (χ1n) is 3.99. The molecule has 0 radical (unpaired) electrons. The van der Waals surface area contributed by atoms with E-state index in [0.29, 0.717) is 19.4 Å². The van der Waals surface area contributed by atoms with Gasteiger partial charge in [0.1, 0.15) is 6.04 Å². The Balaban J connectivity index is 0. The molecule has 0 aliphatic rings. The van der Waals surface area contributed by atoms with Gasteiger partial charge >= 0.3 is 5.97 Å². The second-order valence-electron chi connectivity index (χ2n) is 2.61. The van der Waals surface area contributed by atoms with E-state index >= 15 is 0 Å². The molecule has 0 aromatic rings. The minimum Gasteiger partial charge on any atom is -0.468 e. The van der Waals surface area contributed by atoms with E-state index in [4.69, 9.17) is 16.9 Å². The molecule has 0 aromatic carbocycles. The molecule has 0 saturated heterocycles. The third-order valence-electron chi connectivity index (χ3n) is 1.51. The summed E-state index contributed by atoms with van der Waals surface area (Å²) in [6.45, 7) is 0.542. The molecule has 0 fully saturated rings. The summed E-state index contributed by atoms with van der Waals surface area (Å²) in [5.41, 5.74) is 10.5. The fourth-order valence-corrected chi connectivity index (χ4v) is 0.814. The molecule has 0 heterocycles. The lowest BCUT2D eigenvalue weighted by Gasteiger charge is -2.08. The highest BCUT2D eigenvalue weighted by molar-refractivity contribution is 5.85. The molecular formula is C7H17ClN4O2. The number of hydrogen-bond donors (Lipinski definition) is 4. The monoisotopic (exact) mass is 224 g/mol. The van der Waals surface area contributed by atoms with Crippen molar-refractivity contribution >= 4 is 24.3 Å². The molecule has 6 N–H and O–H groups in total. The van der Waals surface area contributed by atoms with E-state index in [-0.39, 0.29) is 18.4 Å². The van der Waals surface area contributed by atoms with E-state index in [1.807, 2.05) is 0 Å². The first kappa shape index (κ1) is 15.5. The van der Waals surface area contributed by atoms with Gasteiger partial charge in [-0.15, -0.1) is 12.4 Å². The van der Waals surface area contributed by atoms with Gasteiger partial charge in [0.15, 0.2) is 5.96 Å². The minimum absolute atomic E-state index is 0. The molecule has 0 aliphatic carbocycles. The topological polar surface area (TPSA) is 114 Å². The Kier molecular flexibility index (Phi) is 9.48. The quantitative estimate of drug-likeness (QED) is 0.211. The maximum atomic E-state index is 10.8. The number of guanidine groups is 1. The standard InChI is InChI=1S/C7H16N4O2.ClH/c1-13-6(12)5(8)3-2-4-11-7(9)10;/h5H,2-4,8H2,1H3,(H4,9,10,11);1H/t5-;/m1./s1. The Morgan fingerprint density at radius 2 is 2.21 bits per heavy atom. The van der Waals surface area contributed by atoms with E-state index in [2.05, 4.69) is 10.1 Å². The van der Waals surface area contributed by atoms with Gasteiger partial charge in [-0.25, -0.2) is 0 Å². The van der Waals surface area contributed by atoms with Gasteiger partial charge in [-0.3, -0.25) is 10.2 Å². The summed E-state index contributed by atoms with van der Waals surface area (Å²) in [4.78, 5) is 10.8. The molecule has 0 aromatic heterocycles. The van der Waals surface area contributed by atoms with Crippen molar-refractivity contribution in [2.24, 2.45) is 11.5 Å². The van der Waals surface area contributed by atoms with E-state index in [1.54, 1.807) is 0 Å².